The lowest BCUT2D eigenvalue weighted by molar-refractivity contribution is 0.185. The Bertz CT molecular complexity index is 737. The summed E-state index contributed by atoms with van der Waals surface area (Å²) in [7, 11) is 0. The molecule has 27 heavy (non-hydrogen) atoms. The third kappa shape index (κ3) is 5.70. The van der Waals surface area contributed by atoms with Gasteiger partial charge < -0.3 is 10.2 Å². The van der Waals surface area contributed by atoms with Crippen LogP contribution in [-0.4, -0.2) is 35.5 Å². The number of carbonyl (C=O) groups is 1. The van der Waals surface area contributed by atoms with Crippen LogP contribution in [0.3, 0.4) is 0 Å². The van der Waals surface area contributed by atoms with Gasteiger partial charge in [-0.25, -0.2) is 9.78 Å². The van der Waals surface area contributed by atoms with Crippen molar-refractivity contribution in [1.29, 1.82) is 0 Å². The van der Waals surface area contributed by atoms with Crippen LogP contribution in [0.2, 0.25) is 0 Å². The van der Waals surface area contributed by atoms with E-state index in [-0.39, 0.29) is 6.03 Å². The summed E-state index contributed by atoms with van der Waals surface area (Å²) in [4.78, 5) is 18.6. The molecule has 1 saturated heterocycles. The van der Waals surface area contributed by atoms with Gasteiger partial charge in [-0.3, -0.25) is 5.32 Å². The van der Waals surface area contributed by atoms with Gasteiger partial charge in [0.25, 0.3) is 0 Å². The highest BCUT2D eigenvalue weighted by Gasteiger charge is 2.23. The Morgan fingerprint density at radius 2 is 2.07 bits per heavy atom. The number of para-hydroxylation sites is 1. The van der Waals surface area contributed by atoms with Gasteiger partial charge in [0.05, 0.1) is 5.69 Å². The number of piperidine rings is 1. The standard InChI is InChI=1S/C21H30N4OS/c1-3-4-7-18-8-5-6-9-19(18)22-14-17-10-12-25(13-11-17)21(26)24-20-23-16(2)15-27-20/h5-6,8-9,15,17,22H,3-4,7,10-14H2,1-2H3,(H,23,24,26). The van der Waals surface area contributed by atoms with E-state index < -0.39 is 0 Å². The molecule has 0 radical (unpaired) electrons. The molecule has 2 heterocycles. The monoisotopic (exact) mass is 386 g/mol. The van der Waals surface area contributed by atoms with E-state index in [9.17, 15) is 4.79 Å². The Hall–Kier alpha value is -2.08. The molecule has 2 N–H and O–H groups in total. The minimum absolute atomic E-state index is 0.0272. The number of unbranched alkanes of at least 4 members (excludes halogenated alkanes) is 1. The quantitative estimate of drug-likeness (QED) is 0.692. The molecule has 1 aromatic heterocycles. The zero-order valence-corrected chi connectivity index (χ0v) is 17.1. The molecular weight excluding hydrogens is 356 g/mol. The van der Waals surface area contributed by atoms with Crippen LogP contribution in [0.15, 0.2) is 29.6 Å². The first kappa shape index (κ1) is 19.7. The van der Waals surface area contributed by atoms with Gasteiger partial charge in [-0.05, 0) is 50.2 Å². The third-order valence-corrected chi connectivity index (χ3v) is 6.01. The van der Waals surface area contributed by atoms with E-state index in [2.05, 4.69) is 46.8 Å². The SMILES string of the molecule is CCCCc1ccccc1NCC1CCN(C(=O)Nc2nc(C)cs2)CC1. The van der Waals surface area contributed by atoms with E-state index >= 15 is 0 Å². The van der Waals surface area contributed by atoms with Gasteiger partial charge in [0.15, 0.2) is 5.13 Å². The number of aromatic nitrogens is 1. The van der Waals surface area contributed by atoms with Crippen LogP contribution in [0.5, 0.6) is 0 Å². The molecule has 3 rings (SSSR count). The third-order valence-electron chi connectivity index (χ3n) is 5.13. The van der Waals surface area contributed by atoms with Crippen molar-refractivity contribution in [1.82, 2.24) is 9.88 Å². The predicted octanol–water partition coefficient (Wildman–Crippen LogP) is 5.15. The maximum absolute atomic E-state index is 12.4. The number of thiazole rings is 1. The van der Waals surface area contributed by atoms with E-state index in [4.69, 9.17) is 0 Å². The predicted molar refractivity (Wildman–Crippen MR) is 114 cm³/mol. The van der Waals surface area contributed by atoms with Crippen LogP contribution in [0, 0.1) is 12.8 Å². The lowest BCUT2D eigenvalue weighted by atomic mass is 9.96. The molecule has 2 aromatic rings. The molecule has 146 valence electrons. The zero-order chi connectivity index (χ0) is 19.1. The van der Waals surface area contributed by atoms with Crippen molar-refractivity contribution in [3.63, 3.8) is 0 Å². The Labute approximate surface area is 166 Å². The zero-order valence-electron chi connectivity index (χ0n) is 16.3. The largest absolute Gasteiger partial charge is 0.385 e. The molecule has 0 bridgehead atoms. The summed E-state index contributed by atoms with van der Waals surface area (Å²) >= 11 is 1.48. The molecule has 6 heteroatoms. The number of rotatable bonds is 7. The highest BCUT2D eigenvalue weighted by molar-refractivity contribution is 7.13. The van der Waals surface area contributed by atoms with Crippen LogP contribution >= 0.6 is 11.3 Å². The lowest BCUT2D eigenvalue weighted by Crippen LogP contribution is -2.42. The Kier molecular flexibility index (Phi) is 7.10. The van der Waals surface area contributed by atoms with Gasteiger partial charge in [-0.15, -0.1) is 11.3 Å². The van der Waals surface area contributed by atoms with Crippen LogP contribution in [0.25, 0.3) is 0 Å². The molecule has 0 saturated carbocycles. The van der Waals surface area contributed by atoms with E-state index in [1.165, 1.54) is 35.4 Å². The first-order valence-corrected chi connectivity index (χ1v) is 10.8. The molecule has 1 aromatic carbocycles. The summed E-state index contributed by atoms with van der Waals surface area (Å²) in [6.07, 6.45) is 5.65. The van der Waals surface area contributed by atoms with Crippen molar-refractivity contribution >= 4 is 28.2 Å². The molecule has 5 nitrogen and oxygen atoms in total. The number of likely N-dealkylation sites (tertiary alicyclic amines) is 1. The van der Waals surface area contributed by atoms with Crippen LogP contribution < -0.4 is 10.6 Å². The lowest BCUT2D eigenvalue weighted by Gasteiger charge is -2.32. The Balaban J connectivity index is 1.44. The fraction of sp³-hybridized carbons (Fsp3) is 0.524. The average Bonchev–Trinajstić information content (AvgIpc) is 3.10. The van der Waals surface area contributed by atoms with Gasteiger partial charge in [0.1, 0.15) is 0 Å². The molecule has 0 spiro atoms. The summed E-state index contributed by atoms with van der Waals surface area (Å²) in [5.74, 6) is 0.607. The van der Waals surface area contributed by atoms with Crippen LogP contribution in [0.1, 0.15) is 43.9 Å². The average molecular weight is 387 g/mol. The summed E-state index contributed by atoms with van der Waals surface area (Å²) in [6.45, 7) is 6.75. The normalized spacial score (nSPS) is 15.0. The first-order valence-electron chi connectivity index (χ1n) is 9.95. The summed E-state index contributed by atoms with van der Waals surface area (Å²) in [6, 6.07) is 8.61. The fourth-order valence-electron chi connectivity index (χ4n) is 3.45. The van der Waals surface area contributed by atoms with E-state index in [0.717, 1.165) is 44.6 Å². The van der Waals surface area contributed by atoms with Gasteiger partial charge in [0, 0.05) is 30.7 Å². The number of hydrogen-bond donors (Lipinski definition) is 2. The fourth-order valence-corrected chi connectivity index (χ4v) is 4.13. The van der Waals surface area contributed by atoms with Crippen LogP contribution in [0.4, 0.5) is 15.6 Å². The minimum Gasteiger partial charge on any atom is -0.385 e. The second kappa shape index (κ2) is 9.74. The van der Waals surface area contributed by atoms with Crippen molar-refractivity contribution < 1.29 is 4.79 Å². The number of hydrogen-bond acceptors (Lipinski definition) is 4. The van der Waals surface area contributed by atoms with Crippen molar-refractivity contribution in [2.45, 2.75) is 46.0 Å². The maximum Gasteiger partial charge on any atom is 0.323 e. The van der Waals surface area contributed by atoms with Crippen molar-refractivity contribution in [2.24, 2.45) is 5.92 Å². The molecule has 0 atom stereocenters. The van der Waals surface area contributed by atoms with E-state index in [0.29, 0.717) is 11.0 Å². The van der Waals surface area contributed by atoms with E-state index in [1.54, 1.807) is 0 Å². The van der Waals surface area contributed by atoms with Gasteiger partial charge in [-0.1, -0.05) is 31.5 Å². The number of nitrogens with one attached hydrogen (secondary N) is 2. The number of anilines is 2. The molecule has 0 aliphatic carbocycles. The highest BCUT2D eigenvalue weighted by atomic mass is 32.1. The van der Waals surface area contributed by atoms with E-state index in [1.807, 2.05) is 17.2 Å². The minimum atomic E-state index is -0.0272. The number of amides is 2. The molecule has 1 aliphatic heterocycles. The van der Waals surface area contributed by atoms with Crippen molar-refractivity contribution in [3.05, 3.63) is 40.9 Å². The second-order valence-corrected chi connectivity index (χ2v) is 8.15. The number of carbonyl (C=O) groups excluding carboxylic acids is 1. The second-order valence-electron chi connectivity index (χ2n) is 7.30. The molecule has 1 aliphatic rings. The highest BCUT2D eigenvalue weighted by Crippen LogP contribution is 2.22. The van der Waals surface area contributed by atoms with Crippen LogP contribution in [-0.2, 0) is 6.42 Å². The first-order chi connectivity index (χ1) is 13.2. The maximum atomic E-state index is 12.4. The number of nitrogens with zero attached hydrogens (tertiary/aromatic N) is 2. The Morgan fingerprint density at radius 3 is 2.78 bits per heavy atom. The summed E-state index contributed by atoms with van der Waals surface area (Å²) in [5, 5.41) is 9.20. The van der Waals surface area contributed by atoms with Gasteiger partial charge in [0.2, 0.25) is 0 Å². The van der Waals surface area contributed by atoms with Crippen molar-refractivity contribution in [2.75, 3.05) is 30.3 Å². The topological polar surface area (TPSA) is 57.3 Å². The van der Waals surface area contributed by atoms with Gasteiger partial charge >= 0.3 is 6.03 Å². The molecular formula is C21H30N4OS. The van der Waals surface area contributed by atoms with Crippen molar-refractivity contribution in [3.8, 4) is 0 Å². The molecule has 0 unspecified atom stereocenters. The summed E-state index contributed by atoms with van der Waals surface area (Å²) in [5.41, 5.74) is 3.62. The smallest absolute Gasteiger partial charge is 0.323 e. The summed E-state index contributed by atoms with van der Waals surface area (Å²) < 4.78 is 0. The Morgan fingerprint density at radius 1 is 1.30 bits per heavy atom. The number of aryl methyl sites for hydroxylation is 2. The number of urea groups is 1. The van der Waals surface area contributed by atoms with Gasteiger partial charge in [-0.2, -0.15) is 0 Å². The molecule has 1 fully saturated rings. The number of benzene rings is 1. The molecule has 2 amide bonds.